The van der Waals surface area contributed by atoms with E-state index < -0.39 is 13.7 Å². The predicted octanol–water partition coefficient (Wildman–Crippen LogP) is 7.82. The molecule has 2 heterocycles. The van der Waals surface area contributed by atoms with Crippen LogP contribution in [0.5, 0.6) is 0 Å². The summed E-state index contributed by atoms with van der Waals surface area (Å²) >= 11 is 0. The smallest absolute Gasteiger partial charge is 0.224 e. The lowest BCUT2D eigenvalue weighted by molar-refractivity contribution is -0.659. The summed E-state index contributed by atoms with van der Waals surface area (Å²) in [5.41, 5.74) is 5.86. The predicted molar refractivity (Wildman–Crippen MR) is 137 cm³/mol. The molecule has 2 nitrogen and oxygen atoms in total. The maximum absolute atomic E-state index is 8.20. The molecule has 2 aromatic heterocycles. The van der Waals surface area contributed by atoms with Crippen LogP contribution in [0.25, 0.3) is 55.1 Å². The first-order chi connectivity index (χ1) is 18.4. The third-order valence-corrected chi connectivity index (χ3v) is 6.39. The summed E-state index contributed by atoms with van der Waals surface area (Å²) < 4.78 is 56.1. The van der Waals surface area contributed by atoms with Gasteiger partial charge in [-0.15, -0.1) is 0 Å². The molecule has 33 heavy (non-hydrogen) atoms. The van der Waals surface area contributed by atoms with Gasteiger partial charge in [0, 0.05) is 19.2 Å². The zero-order chi connectivity index (χ0) is 27.7. The van der Waals surface area contributed by atoms with Gasteiger partial charge in [0.25, 0.3) is 0 Å². The van der Waals surface area contributed by atoms with Gasteiger partial charge in [0.2, 0.25) is 5.69 Å². The second kappa shape index (κ2) is 7.31. The Morgan fingerprint density at radius 1 is 0.788 bits per heavy atom. The zero-order valence-corrected chi connectivity index (χ0v) is 18.4. The highest BCUT2D eigenvalue weighted by molar-refractivity contribution is 6.15. The molecule has 0 aliphatic heterocycles. The molecule has 0 unspecified atom stereocenters. The molecule has 0 aliphatic rings. The van der Waals surface area contributed by atoms with E-state index in [0.29, 0.717) is 16.6 Å². The van der Waals surface area contributed by atoms with Crippen LogP contribution >= 0.6 is 0 Å². The van der Waals surface area contributed by atoms with Crippen LogP contribution in [0, 0.1) is 20.6 Å². The molecule has 0 bridgehead atoms. The molecule has 6 rings (SSSR count). The average molecular weight is 435 g/mol. The van der Waals surface area contributed by atoms with Gasteiger partial charge in [-0.1, -0.05) is 60.2 Å². The molecule has 6 aromatic rings. The third kappa shape index (κ3) is 3.14. The van der Waals surface area contributed by atoms with Crippen molar-refractivity contribution in [2.45, 2.75) is 20.6 Å². The van der Waals surface area contributed by atoms with Gasteiger partial charge in [0.05, 0.1) is 5.56 Å². The van der Waals surface area contributed by atoms with E-state index in [9.17, 15) is 0 Å². The molecule has 0 spiro atoms. The number of nitrogens with zero attached hydrogens (tertiary/aromatic N) is 1. The van der Waals surface area contributed by atoms with E-state index in [1.165, 1.54) is 0 Å². The molecule has 4 aromatic carbocycles. The number of aromatic nitrogens is 1. The molecule has 0 saturated heterocycles. The van der Waals surface area contributed by atoms with Crippen LogP contribution in [0.15, 0.2) is 89.5 Å². The van der Waals surface area contributed by atoms with Gasteiger partial charge in [-0.05, 0) is 72.4 Å². The van der Waals surface area contributed by atoms with E-state index in [-0.39, 0.29) is 11.1 Å². The van der Waals surface area contributed by atoms with Crippen molar-refractivity contribution in [3.05, 3.63) is 102 Å². The van der Waals surface area contributed by atoms with Crippen molar-refractivity contribution in [1.82, 2.24) is 0 Å². The quantitative estimate of drug-likeness (QED) is 0.254. The number of rotatable bonds is 2. The summed E-state index contributed by atoms with van der Waals surface area (Å²) in [5.74, 6) is 0. The van der Waals surface area contributed by atoms with Gasteiger partial charge in [0.1, 0.15) is 18.0 Å². The van der Waals surface area contributed by atoms with Crippen molar-refractivity contribution in [3.8, 4) is 22.4 Å². The summed E-state index contributed by atoms with van der Waals surface area (Å²) in [6, 6.07) is 25.5. The van der Waals surface area contributed by atoms with Crippen molar-refractivity contribution in [3.63, 3.8) is 0 Å². The van der Waals surface area contributed by atoms with Crippen LogP contribution in [-0.2, 0) is 7.05 Å². The van der Waals surface area contributed by atoms with Gasteiger partial charge < -0.3 is 4.42 Å². The van der Waals surface area contributed by atoms with E-state index in [1.54, 1.807) is 29.0 Å². The molecule has 0 saturated carbocycles. The molecule has 0 amide bonds. The number of benzene rings is 4. The van der Waals surface area contributed by atoms with Gasteiger partial charge in [-0.2, -0.15) is 4.57 Å². The Morgan fingerprint density at radius 2 is 1.67 bits per heavy atom. The van der Waals surface area contributed by atoms with Gasteiger partial charge in [0.15, 0.2) is 11.8 Å². The largest absolute Gasteiger partial charge is 0.455 e. The lowest BCUT2D eigenvalue weighted by Gasteiger charge is -2.08. The van der Waals surface area contributed by atoms with Crippen molar-refractivity contribution in [2.75, 3.05) is 0 Å². The minimum atomic E-state index is -2.39. The maximum atomic E-state index is 8.20. The van der Waals surface area contributed by atoms with Crippen molar-refractivity contribution >= 4 is 32.7 Å². The molecular formula is C31H26NO+. The van der Waals surface area contributed by atoms with Crippen LogP contribution in [0.2, 0.25) is 0 Å². The number of hydrogen-bond donors (Lipinski definition) is 0. The van der Waals surface area contributed by atoms with Crippen LogP contribution in [0.3, 0.4) is 0 Å². The van der Waals surface area contributed by atoms with E-state index >= 15 is 0 Å². The number of hydrogen-bond acceptors (Lipinski definition) is 1. The Bertz CT molecular complexity index is 1900. The third-order valence-electron chi connectivity index (χ3n) is 6.39. The van der Waals surface area contributed by atoms with Crippen molar-refractivity contribution in [2.24, 2.45) is 7.05 Å². The number of furan rings is 1. The van der Waals surface area contributed by atoms with Crippen molar-refractivity contribution < 1.29 is 17.2 Å². The standard InChI is InChI=1S/C31H26NO/c1-19-10-13-26(20(2)14-19)30-29-27-16-25-15-23(22-8-6-5-7-9-22)11-12-24(25)17-28(27)33-31(29)21(3)18-32(30)4/h5-18H,1-4H3/q+1/i1D3,3D3. The lowest BCUT2D eigenvalue weighted by Crippen LogP contribution is -2.31. The summed E-state index contributed by atoms with van der Waals surface area (Å²) in [4.78, 5) is 0. The summed E-state index contributed by atoms with van der Waals surface area (Å²) in [5, 5.41) is 3.49. The number of pyridine rings is 1. The molecule has 0 fully saturated rings. The van der Waals surface area contributed by atoms with Crippen LogP contribution in [-0.4, -0.2) is 0 Å². The minimum absolute atomic E-state index is 0.130. The molecule has 0 N–H and O–H groups in total. The average Bonchev–Trinajstić information content (AvgIpc) is 3.24. The highest BCUT2D eigenvalue weighted by Crippen LogP contribution is 2.39. The Kier molecular flexibility index (Phi) is 3.17. The molecule has 0 atom stereocenters. The second-order valence-electron chi connectivity index (χ2n) is 8.61. The summed E-state index contributed by atoms with van der Waals surface area (Å²) in [6.07, 6.45) is 1.59. The fourth-order valence-electron chi connectivity index (χ4n) is 4.82. The fourth-order valence-corrected chi connectivity index (χ4v) is 4.82. The summed E-state index contributed by atoms with van der Waals surface area (Å²) in [6.45, 7) is -2.73. The first-order valence-corrected chi connectivity index (χ1v) is 10.9. The Balaban J connectivity index is 1.69. The van der Waals surface area contributed by atoms with E-state index in [0.717, 1.165) is 44.1 Å². The molecular weight excluding hydrogens is 402 g/mol. The van der Waals surface area contributed by atoms with Gasteiger partial charge in [-0.25, -0.2) is 0 Å². The highest BCUT2D eigenvalue weighted by atomic mass is 16.3. The maximum Gasteiger partial charge on any atom is 0.224 e. The lowest BCUT2D eigenvalue weighted by atomic mass is 9.96. The topological polar surface area (TPSA) is 17.0 Å². The summed E-state index contributed by atoms with van der Waals surface area (Å²) in [7, 11) is 1.81. The first kappa shape index (κ1) is 14.3. The van der Waals surface area contributed by atoms with Crippen LogP contribution in [0.4, 0.5) is 0 Å². The normalized spacial score (nSPS) is 15.1. The molecule has 160 valence electrons. The number of aryl methyl sites for hydroxylation is 4. The first-order valence-electron chi connectivity index (χ1n) is 13.9. The zero-order valence-electron chi connectivity index (χ0n) is 24.4. The minimum Gasteiger partial charge on any atom is -0.455 e. The van der Waals surface area contributed by atoms with Crippen molar-refractivity contribution in [1.29, 1.82) is 0 Å². The SMILES string of the molecule is [2H]C([2H])([2H])c1ccc(-c2c3c(oc4cc5ccc(-c6ccccc6)cc5cc43)c(C([2H])([2H])[2H])c[n+]2C)c(C)c1. The Labute approximate surface area is 202 Å². The molecule has 0 radical (unpaired) electrons. The molecule has 0 aliphatic carbocycles. The molecule has 2 heteroatoms. The van der Waals surface area contributed by atoms with Gasteiger partial charge in [-0.3, -0.25) is 0 Å². The Hall–Kier alpha value is -3.91. The second-order valence-corrected chi connectivity index (χ2v) is 8.61. The van der Waals surface area contributed by atoms with E-state index in [2.05, 4.69) is 30.3 Å². The fraction of sp³-hybridized carbons (Fsp3) is 0.129. The number of fused-ring (bicyclic) bond motifs is 4. The van der Waals surface area contributed by atoms with Gasteiger partial charge >= 0.3 is 0 Å². The van der Waals surface area contributed by atoms with E-state index in [4.69, 9.17) is 12.6 Å². The van der Waals surface area contributed by atoms with Crippen LogP contribution < -0.4 is 4.57 Å². The van der Waals surface area contributed by atoms with E-state index in [1.807, 2.05) is 44.3 Å². The Morgan fingerprint density at radius 3 is 2.45 bits per heavy atom. The van der Waals surface area contributed by atoms with Crippen LogP contribution in [0.1, 0.15) is 24.9 Å². The monoisotopic (exact) mass is 434 g/mol. The highest BCUT2D eigenvalue weighted by Gasteiger charge is 2.24.